The largest absolute Gasteiger partial charge is 0.490 e. The summed E-state index contributed by atoms with van der Waals surface area (Å²) in [5.41, 5.74) is -0.173. The second-order valence-corrected chi connectivity index (χ2v) is 6.30. The maximum absolute atomic E-state index is 12.8. The highest BCUT2D eigenvalue weighted by atomic mass is 19.3. The van der Waals surface area contributed by atoms with Gasteiger partial charge in [-0.2, -0.15) is 13.9 Å². The summed E-state index contributed by atoms with van der Waals surface area (Å²) in [5, 5.41) is 7.34. The van der Waals surface area contributed by atoms with E-state index in [2.05, 4.69) is 15.2 Å². The van der Waals surface area contributed by atoms with Gasteiger partial charge in [-0.15, -0.1) is 5.01 Å². The molecular weight excluding hydrogens is 384 g/mol. The van der Waals surface area contributed by atoms with Crippen LogP contribution in [0.1, 0.15) is 25.0 Å². The van der Waals surface area contributed by atoms with Crippen molar-refractivity contribution in [1.29, 1.82) is 0 Å². The summed E-state index contributed by atoms with van der Waals surface area (Å²) in [7, 11) is 0. The normalized spacial score (nSPS) is 19.1. The van der Waals surface area contributed by atoms with E-state index in [1.165, 1.54) is 24.4 Å². The number of nitrogens with zero attached hydrogens (tertiary/aromatic N) is 2. The Labute approximate surface area is 165 Å². The molecule has 1 heterocycles. The van der Waals surface area contributed by atoms with Crippen LogP contribution in [0.3, 0.4) is 0 Å². The van der Waals surface area contributed by atoms with E-state index in [1.54, 1.807) is 44.2 Å². The third-order valence-corrected chi connectivity index (χ3v) is 4.33. The predicted octanol–water partition coefficient (Wildman–Crippen LogP) is 3.49. The molecule has 2 aromatic rings. The summed E-state index contributed by atoms with van der Waals surface area (Å²) in [6.45, 7) is 0.546. The highest BCUT2D eigenvalue weighted by molar-refractivity contribution is 6.07. The van der Waals surface area contributed by atoms with Crippen molar-refractivity contribution >= 4 is 18.2 Å². The van der Waals surface area contributed by atoms with E-state index in [0.29, 0.717) is 11.1 Å². The fraction of sp³-hybridized carbons (Fsp3) is 0.250. The number of carbonyl (C=O) groups is 2. The molecule has 3 amide bonds. The van der Waals surface area contributed by atoms with Crippen molar-refractivity contribution in [1.82, 2.24) is 10.3 Å². The second-order valence-electron chi connectivity index (χ2n) is 6.30. The van der Waals surface area contributed by atoms with Crippen LogP contribution in [0.2, 0.25) is 0 Å². The van der Waals surface area contributed by atoms with Gasteiger partial charge in [0.15, 0.2) is 11.5 Å². The lowest BCUT2D eigenvalue weighted by Gasteiger charge is -2.20. The summed E-state index contributed by atoms with van der Waals surface area (Å²) < 4.78 is 34.7. The Morgan fingerprint density at radius 2 is 1.90 bits per heavy atom. The third-order valence-electron chi connectivity index (χ3n) is 4.33. The van der Waals surface area contributed by atoms with Crippen molar-refractivity contribution in [3.05, 3.63) is 59.7 Å². The number of hydrogen-bond donors (Lipinski definition) is 1. The highest BCUT2D eigenvalue weighted by Crippen LogP contribution is 2.31. The molecule has 1 fully saturated rings. The molecule has 29 heavy (non-hydrogen) atoms. The summed E-state index contributed by atoms with van der Waals surface area (Å²) in [4.78, 5) is 25.1. The number of ether oxygens (including phenoxy) is 2. The molecule has 0 unspecified atom stereocenters. The molecule has 0 aliphatic carbocycles. The molecule has 1 N–H and O–H groups in total. The van der Waals surface area contributed by atoms with Crippen LogP contribution in [0.5, 0.6) is 11.5 Å². The van der Waals surface area contributed by atoms with Crippen LogP contribution in [-0.2, 0) is 10.3 Å². The number of halogens is 2. The molecule has 0 saturated carbocycles. The number of rotatable bonds is 7. The first-order chi connectivity index (χ1) is 13.8. The zero-order valence-corrected chi connectivity index (χ0v) is 15.8. The van der Waals surface area contributed by atoms with E-state index in [4.69, 9.17) is 4.74 Å². The van der Waals surface area contributed by atoms with Gasteiger partial charge in [-0.3, -0.25) is 4.79 Å². The Hall–Kier alpha value is -3.49. The molecule has 0 radical (unpaired) electrons. The molecule has 7 nitrogen and oxygen atoms in total. The van der Waals surface area contributed by atoms with Gasteiger partial charge in [0.1, 0.15) is 5.54 Å². The number of hydrazone groups is 1. The van der Waals surface area contributed by atoms with Crippen LogP contribution in [-0.4, -0.2) is 36.4 Å². The van der Waals surface area contributed by atoms with Gasteiger partial charge in [0.25, 0.3) is 5.91 Å². The second kappa shape index (κ2) is 8.26. The van der Waals surface area contributed by atoms with Crippen LogP contribution < -0.4 is 14.8 Å². The molecule has 152 valence electrons. The molecule has 0 bridgehead atoms. The van der Waals surface area contributed by atoms with Gasteiger partial charge < -0.3 is 14.8 Å². The van der Waals surface area contributed by atoms with Crippen molar-refractivity contribution in [3.63, 3.8) is 0 Å². The fourth-order valence-corrected chi connectivity index (χ4v) is 2.89. The number of hydrogen-bond acceptors (Lipinski definition) is 5. The predicted molar refractivity (Wildman–Crippen MR) is 101 cm³/mol. The van der Waals surface area contributed by atoms with Gasteiger partial charge in [0.05, 0.1) is 12.8 Å². The van der Waals surface area contributed by atoms with Crippen LogP contribution in [0, 0.1) is 0 Å². The first-order valence-electron chi connectivity index (χ1n) is 8.83. The molecule has 1 aliphatic rings. The number of benzene rings is 2. The molecule has 1 saturated heterocycles. The number of carbonyl (C=O) groups excluding carboxylic acids is 2. The Balaban J connectivity index is 1.83. The standard InChI is InChI=1S/C20H19F2N3O4/c1-3-28-16-11-13(9-10-15(16)29-18(21)22)12-23-25-17(26)20(2,24-19(25)27)14-7-5-4-6-8-14/h4-12,18H,3H2,1-2H3,(H,24,27)/b23-12-/t20-/m1/s1. The Morgan fingerprint density at radius 3 is 2.55 bits per heavy atom. The lowest BCUT2D eigenvalue weighted by atomic mass is 9.92. The smallest absolute Gasteiger partial charge is 0.387 e. The van der Waals surface area contributed by atoms with Gasteiger partial charge in [-0.05, 0) is 43.2 Å². The molecular formula is C20H19F2N3O4. The minimum Gasteiger partial charge on any atom is -0.490 e. The summed E-state index contributed by atoms with van der Waals surface area (Å²) >= 11 is 0. The van der Waals surface area contributed by atoms with Crippen LogP contribution in [0.15, 0.2) is 53.6 Å². The van der Waals surface area contributed by atoms with E-state index in [9.17, 15) is 18.4 Å². The van der Waals surface area contributed by atoms with Crippen LogP contribution >= 0.6 is 0 Å². The molecule has 1 atom stereocenters. The molecule has 2 aromatic carbocycles. The van der Waals surface area contributed by atoms with E-state index in [0.717, 1.165) is 5.01 Å². The maximum atomic E-state index is 12.8. The quantitative estimate of drug-likeness (QED) is 0.567. The lowest BCUT2D eigenvalue weighted by molar-refractivity contribution is -0.131. The van der Waals surface area contributed by atoms with Crippen molar-refractivity contribution in [2.24, 2.45) is 5.10 Å². The van der Waals surface area contributed by atoms with Gasteiger partial charge in [0.2, 0.25) is 0 Å². The van der Waals surface area contributed by atoms with Crippen molar-refractivity contribution in [2.75, 3.05) is 6.61 Å². The zero-order chi connectivity index (χ0) is 21.0. The number of urea groups is 1. The number of imide groups is 1. The maximum Gasteiger partial charge on any atom is 0.387 e. The minimum atomic E-state index is -2.99. The van der Waals surface area contributed by atoms with Gasteiger partial charge in [-0.1, -0.05) is 30.3 Å². The minimum absolute atomic E-state index is 0.100. The van der Waals surface area contributed by atoms with Gasteiger partial charge in [0, 0.05) is 0 Å². The Kier molecular flexibility index (Phi) is 5.76. The fourth-order valence-electron chi connectivity index (χ4n) is 2.89. The summed E-state index contributed by atoms with van der Waals surface area (Å²) in [6, 6.07) is 12.3. The first-order valence-corrected chi connectivity index (χ1v) is 8.83. The summed E-state index contributed by atoms with van der Waals surface area (Å²) in [5.74, 6) is -0.554. The van der Waals surface area contributed by atoms with Crippen molar-refractivity contribution < 1.29 is 27.8 Å². The van der Waals surface area contributed by atoms with E-state index < -0.39 is 24.1 Å². The topological polar surface area (TPSA) is 80.2 Å². The van der Waals surface area contributed by atoms with Gasteiger partial charge >= 0.3 is 12.6 Å². The highest BCUT2D eigenvalue weighted by Gasteiger charge is 2.49. The van der Waals surface area contributed by atoms with E-state index >= 15 is 0 Å². The average molecular weight is 403 g/mol. The average Bonchev–Trinajstić information content (AvgIpc) is 2.92. The molecule has 0 aromatic heterocycles. The Bertz CT molecular complexity index is 937. The van der Waals surface area contributed by atoms with Gasteiger partial charge in [-0.25, -0.2) is 4.79 Å². The van der Waals surface area contributed by atoms with Crippen LogP contribution in [0.25, 0.3) is 0 Å². The molecule has 0 spiro atoms. The number of amides is 3. The van der Waals surface area contributed by atoms with Crippen molar-refractivity contribution in [3.8, 4) is 11.5 Å². The zero-order valence-electron chi connectivity index (χ0n) is 15.8. The summed E-state index contributed by atoms with van der Waals surface area (Å²) in [6.07, 6.45) is 1.27. The van der Waals surface area contributed by atoms with Crippen LogP contribution in [0.4, 0.5) is 13.6 Å². The van der Waals surface area contributed by atoms with Crippen molar-refractivity contribution in [2.45, 2.75) is 26.0 Å². The third kappa shape index (κ3) is 4.18. The first kappa shape index (κ1) is 20.2. The Morgan fingerprint density at radius 1 is 1.17 bits per heavy atom. The monoisotopic (exact) mass is 403 g/mol. The SMILES string of the molecule is CCOc1cc(/C=N\N2C(=O)N[C@](C)(c3ccccc3)C2=O)ccc1OC(F)F. The van der Waals surface area contributed by atoms with E-state index in [-0.39, 0.29) is 18.1 Å². The molecule has 1 aliphatic heterocycles. The number of alkyl halides is 2. The van der Waals surface area contributed by atoms with E-state index in [1.807, 2.05) is 0 Å². The lowest BCUT2D eigenvalue weighted by Crippen LogP contribution is -2.40. The number of nitrogens with one attached hydrogen (secondary N) is 1. The molecule has 9 heteroatoms. The molecule has 3 rings (SSSR count).